The second kappa shape index (κ2) is 7.05. The molecule has 1 heteroatoms. The number of allylic oxidation sites excluding steroid dienone is 1. The molecule has 0 aliphatic heterocycles. The largest absolute Gasteiger partial charge is 0.319 e. The van der Waals surface area contributed by atoms with Crippen LogP contribution in [0, 0.1) is 17.8 Å². The van der Waals surface area contributed by atoms with Crippen LogP contribution < -0.4 is 5.32 Å². The van der Waals surface area contributed by atoms with Gasteiger partial charge < -0.3 is 5.32 Å². The Kier molecular flexibility index (Phi) is 6.00. The molecule has 1 nitrogen and oxygen atoms in total. The highest BCUT2D eigenvalue weighted by Gasteiger charge is 2.27. The predicted molar refractivity (Wildman–Crippen MR) is 68.0 cm³/mol. The monoisotopic (exact) mass is 209 g/mol. The Balaban J connectivity index is 2.02. The van der Waals surface area contributed by atoms with Crippen molar-refractivity contribution in [1.29, 1.82) is 0 Å². The van der Waals surface area contributed by atoms with Crippen LogP contribution in [0.5, 0.6) is 0 Å². The van der Waals surface area contributed by atoms with Crippen molar-refractivity contribution in [2.45, 2.75) is 46.0 Å². The molecule has 1 rings (SSSR count). The first-order valence-electron chi connectivity index (χ1n) is 6.53. The van der Waals surface area contributed by atoms with Crippen molar-refractivity contribution >= 4 is 0 Å². The molecule has 0 aromatic rings. The van der Waals surface area contributed by atoms with Crippen molar-refractivity contribution in [3.63, 3.8) is 0 Å². The highest BCUT2D eigenvalue weighted by atomic mass is 14.8. The van der Waals surface area contributed by atoms with E-state index in [9.17, 15) is 0 Å². The fourth-order valence-electron chi connectivity index (χ4n) is 2.37. The summed E-state index contributed by atoms with van der Waals surface area (Å²) in [6.45, 7) is 5.90. The third-order valence-corrected chi connectivity index (χ3v) is 3.77. The van der Waals surface area contributed by atoms with Crippen LogP contribution in [-0.4, -0.2) is 13.6 Å². The van der Waals surface area contributed by atoms with Crippen LogP contribution >= 0.6 is 0 Å². The second-order valence-corrected chi connectivity index (χ2v) is 5.25. The highest BCUT2D eigenvalue weighted by Crippen LogP contribution is 2.38. The molecule has 0 aromatic carbocycles. The lowest BCUT2D eigenvalue weighted by Gasteiger charge is -2.35. The fraction of sp³-hybridized carbons (Fsp3) is 0.857. The van der Waals surface area contributed by atoms with Crippen LogP contribution in [0.1, 0.15) is 46.0 Å². The molecule has 1 fully saturated rings. The zero-order valence-corrected chi connectivity index (χ0v) is 10.6. The Morgan fingerprint density at radius 1 is 1.33 bits per heavy atom. The molecular formula is C14H27N. The molecule has 1 aliphatic rings. The smallest absolute Gasteiger partial charge is 0.00173 e. The second-order valence-electron chi connectivity index (χ2n) is 5.25. The van der Waals surface area contributed by atoms with Gasteiger partial charge in [0.15, 0.2) is 0 Å². The molecule has 1 saturated carbocycles. The average molecular weight is 209 g/mol. The maximum atomic E-state index is 3.16. The Hall–Kier alpha value is -0.300. The fourth-order valence-corrected chi connectivity index (χ4v) is 2.37. The van der Waals surface area contributed by atoms with Gasteiger partial charge in [-0.15, -0.1) is 0 Å². The van der Waals surface area contributed by atoms with Crippen molar-refractivity contribution in [2.24, 2.45) is 17.8 Å². The van der Waals surface area contributed by atoms with Crippen LogP contribution in [0.4, 0.5) is 0 Å². The Morgan fingerprint density at radius 2 is 2.13 bits per heavy atom. The highest BCUT2D eigenvalue weighted by molar-refractivity contribution is 4.86. The van der Waals surface area contributed by atoms with Gasteiger partial charge in [-0.3, -0.25) is 0 Å². The van der Waals surface area contributed by atoms with Crippen LogP contribution in [0.3, 0.4) is 0 Å². The van der Waals surface area contributed by atoms with E-state index in [0.29, 0.717) is 0 Å². The average Bonchev–Trinajstić information content (AvgIpc) is 2.23. The predicted octanol–water partition coefficient (Wildman–Crippen LogP) is 3.61. The number of rotatable bonds is 7. The number of hydrogen-bond acceptors (Lipinski definition) is 1. The van der Waals surface area contributed by atoms with Crippen molar-refractivity contribution < 1.29 is 0 Å². The Labute approximate surface area is 95.3 Å². The molecular weight excluding hydrogens is 182 g/mol. The first-order valence-corrected chi connectivity index (χ1v) is 6.53. The number of hydrogen-bond donors (Lipinski definition) is 1. The van der Waals surface area contributed by atoms with Crippen LogP contribution in [0.2, 0.25) is 0 Å². The molecule has 3 unspecified atom stereocenters. The maximum absolute atomic E-state index is 3.16. The Morgan fingerprint density at radius 3 is 2.67 bits per heavy atom. The normalized spacial score (nSPS) is 27.9. The molecule has 88 valence electrons. The zero-order valence-electron chi connectivity index (χ0n) is 10.6. The van der Waals surface area contributed by atoms with Gasteiger partial charge in [0.1, 0.15) is 0 Å². The van der Waals surface area contributed by atoms with Gasteiger partial charge in [-0.25, -0.2) is 0 Å². The summed E-state index contributed by atoms with van der Waals surface area (Å²) in [5.41, 5.74) is 0. The molecule has 0 spiro atoms. The van der Waals surface area contributed by atoms with E-state index in [-0.39, 0.29) is 0 Å². The molecule has 0 radical (unpaired) electrons. The summed E-state index contributed by atoms with van der Waals surface area (Å²) in [5.74, 6) is 2.91. The first kappa shape index (κ1) is 12.8. The molecule has 0 heterocycles. The van der Waals surface area contributed by atoms with Crippen molar-refractivity contribution in [2.75, 3.05) is 13.6 Å². The van der Waals surface area contributed by atoms with E-state index < -0.39 is 0 Å². The summed E-state index contributed by atoms with van der Waals surface area (Å²) in [5, 5.41) is 3.16. The van der Waals surface area contributed by atoms with Crippen molar-refractivity contribution in [3.8, 4) is 0 Å². The molecule has 0 bridgehead atoms. The Bertz CT molecular complexity index is 186. The molecule has 3 atom stereocenters. The lowest BCUT2D eigenvalue weighted by Crippen LogP contribution is -2.24. The molecule has 1 N–H and O–H groups in total. The van der Waals surface area contributed by atoms with Gasteiger partial charge in [-0.2, -0.15) is 0 Å². The summed E-state index contributed by atoms with van der Waals surface area (Å²) in [6.07, 6.45) is 11.5. The summed E-state index contributed by atoms with van der Waals surface area (Å²) in [6, 6.07) is 0. The van der Waals surface area contributed by atoms with Gasteiger partial charge in [0.2, 0.25) is 0 Å². The summed E-state index contributed by atoms with van der Waals surface area (Å²) >= 11 is 0. The lowest BCUT2D eigenvalue weighted by molar-refractivity contribution is 0.161. The first-order chi connectivity index (χ1) is 7.24. The van der Waals surface area contributed by atoms with E-state index in [4.69, 9.17) is 0 Å². The van der Waals surface area contributed by atoms with E-state index in [1.165, 1.54) is 32.1 Å². The van der Waals surface area contributed by atoms with Gasteiger partial charge in [-0.1, -0.05) is 32.4 Å². The van der Waals surface area contributed by atoms with Gasteiger partial charge >= 0.3 is 0 Å². The third-order valence-electron chi connectivity index (χ3n) is 3.77. The molecule has 15 heavy (non-hydrogen) atoms. The minimum atomic E-state index is 0.878. The molecule has 0 aromatic heterocycles. The van der Waals surface area contributed by atoms with Crippen LogP contribution in [0.15, 0.2) is 12.2 Å². The van der Waals surface area contributed by atoms with E-state index >= 15 is 0 Å². The van der Waals surface area contributed by atoms with E-state index in [1.807, 2.05) is 7.05 Å². The van der Waals surface area contributed by atoms with Crippen LogP contribution in [0.25, 0.3) is 0 Å². The standard InChI is InChI=1S/C14H27N/c1-12(7-5-4-6-10-15-3)11-14-9-8-13(14)2/h4-5,12-15H,6-11H2,1-3H3. The summed E-state index contributed by atoms with van der Waals surface area (Å²) < 4.78 is 0. The van der Waals surface area contributed by atoms with E-state index in [0.717, 1.165) is 24.3 Å². The van der Waals surface area contributed by atoms with E-state index in [2.05, 4.69) is 31.3 Å². The minimum absolute atomic E-state index is 0.878. The SMILES string of the molecule is CNCCC=CCC(C)CC1CCC1C. The topological polar surface area (TPSA) is 12.0 Å². The molecule has 0 saturated heterocycles. The summed E-state index contributed by atoms with van der Waals surface area (Å²) in [7, 11) is 2.01. The summed E-state index contributed by atoms with van der Waals surface area (Å²) in [4.78, 5) is 0. The minimum Gasteiger partial charge on any atom is -0.319 e. The van der Waals surface area contributed by atoms with Gasteiger partial charge in [0.05, 0.1) is 0 Å². The maximum Gasteiger partial charge on any atom is -0.00173 e. The quantitative estimate of drug-likeness (QED) is 0.499. The van der Waals surface area contributed by atoms with Gasteiger partial charge in [0.25, 0.3) is 0 Å². The lowest BCUT2D eigenvalue weighted by atomic mass is 9.70. The number of nitrogens with one attached hydrogen (secondary N) is 1. The van der Waals surface area contributed by atoms with Crippen molar-refractivity contribution in [3.05, 3.63) is 12.2 Å². The molecule has 1 aliphatic carbocycles. The van der Waals surface area contributed by atoms with Gasteiger partial charge in [0, 0.05) is 0 Å². The van der Waals surface area contributed by atoms with Crippen LogP contribution in [-0.2, 0) is 0 Å². The third kappa shape index (κ3) is 4.83. The molecule has 0 amide bonds. The van der Waals surface area contributed by atoms with Crippen molar-refractivity contribution in [1.82, 2.24) is 5.32 Å². The van der Waals surface area contributed by atoms with Gasteiger partial charge in [-0.05, 0) is 57.0 Å². The van der Waals surface area contributed by atoms with E-state index in [1.54, 1.807) is 0 Å². The zero-order chi connectivity index (χ0) is 11.1.